The van der Waals surface area contributed by atoms with Crippen molar-refractivity contribution in [2.24, 2.45) is 0 Å². The van der Waals surface area contributed by atoms with Crippen LogP contribution >= 0.6 is 11.6 Å². The highest BCUT2D eigenvalue weighted by molar-refractivity contribution is 7.89. The Balaban J connectivity index is 2.37. The lowest BCUT2D eigenvalue weighted by molar-refractivity contribution is 0.319. The first kappa shape index (κ1) is 19.4. The van der Waals surface area contributed by atoms with Gasteiger partial charge in [0.25, 0.3) is 0 Å². The van der Waals surface area contributed by atoms with Crippen molar-refractivity contribution in [1.82, 2.24) is 4.31 Å². The zero-order chi connectivity index (χ0) is 18.6. The van der Waals surface area contributed by atoms with Crippen molar-refractivity contribution in [2.75, 3.05) is 28.4 Å². The summed E-state index contributed by atoms with van der Waals surface area (Å²) in [7, 11) is 2.35. The molecule has 0 bridgehead atoms. The number of ether oxygens (including phenoxy) is 3. The molecule has 0 spiro atoms. The van der Waals surface area contributed by atoms with Gasteiger partial charge in [-0.15, -0.1) is 0 Å². The minimum Gasteiger partial charge on any atom is -0.493 e. The molecule has 136 valence electrons. The van der Waals surface area contributed by atoms with E-state index in [4.69, 9.17) is 25.8 Å². The van der Waals surface area contributed by atoms with Crippen LogP contribution in [0.4, 0.5) is 0 Å². The maximum atomic E-state index is 12.7. The number of nitrogens with zero attached hydrogens (tertiary/aromatic N) is 1. The number of rotatable bonds is 7. The molecule has 0 fully saturated rings. The molecule has 0 amide bonds. The van der Waals surface area contributed by atoms with Crippen LogP contribution in [-0.2, 0) is 16.6 Å². The number of benzene rings is 2. The van der Waals surface area contributed by atoms with Gasteiger partial charge in [-0.1, -0.05) is 17.7 Å². The van der Waals surface area contributed by atoms with E-state index in [1.165, 1.54) is 44.8 Å². The van der Waals surface area contributed by atoms with E-state index >= 15 is 0 Å². The SMILES string of the molecule is COc1ccc(CN(C)S(=O)(=O)c2ccc(Cl)cc2)c(OC)c1OC. The largest absolute Gasteiger partial charge is 0.493 e. The molecule has 0 saturated carbocycles. The predicted octanol–water partition coefficient (Wildman–Crippen LogP) is 3.19. The Morgan fingerprint density at radius 2 is 1.52 bits per heavy atom. The number of hydrogen-bond donors (Lipinski definition) is 0. The fourth-order valence-electron chi connectivity index (χ4n) is 2.40. The second-order valence-electron chi connectivity index (χ2n) is 5.21. The Bertz CT molecular complexity index is 837. The van der Waals surface area contributed by atoms with E-state index in [-0.39, 0.29) is 11.4 Å². The molecule has 0 aliphatic heterocycles. The molecular formula is C17H20ClNO5S. The van der Waals surface area contributed by atoms with Gasteiger partial charge < -0.3 is 14.2 Å². The molecule has 8 heteroatoms. The van der Waals surface area contributed by atoms with E-state index in [1.807, 2.05) is 0 Å². The maximum absolute atomic E-state index is 12.7. The van der Waals surface area contributed by atoms with Gasteiger partial charge in [0.15, 0.2) is 11.5 Å². The Hall–Kier alpha value is -1.96. The molecule has 2 rings (SSSR count). The van der Waals surface area contributed by atoms with E-state index in [9.17, 15) is 8.42 Å². The van der Waals surface area contributed by atoms with Gasteiger partial charge in [0.1, 0.15) is 0 Å². The Morgan fingerprint density at radius 3 is 2.04 bits per heavy atom. The molecule has 0 atom stereocenters. The predicted molar refractivity (Wildman–Crippen MR) is 96.2 cm³/mol. The molecule has 0 aliphatic rings. The summed E-state index contributed by atoms with van der Waals surface area (Å²) >= 11 is 5.82. The van der Waals surface area contributed by atoms with Gasteiger partial charge in [-0.05, 0) is 30.3 Å². The highest BCUT2D eigenvalue weighted by Crippen LogP contribution is 2.40. The second-order valence-corrected chi connectivity index (χ2v) is 7.69. The topological polar surface area (TPSA) is 65.1 Å². The van der Waals surface area contributed by atoms with Crippen molar-refractivity contribution in [3.8, 4) is 17.2 Å². The fourth-order valence-corrected chi connectivity index (χ4v) is 3.67. The van der Waals surface area contributed by atoms with Gasteiger partial charge in [0.2, 0.25) is 15.8 Å². The number of sulfonamides is 1. The minimum atomic E-state index is -3.67. The molecule has 0 radical (unpaired) electrons. The van der Waals surface area contributed by atoms with E-state index < -0.39 is 10.0 Å². The standard InChI is InChI=1S/C17H20ClNO5S/c1-19(25(20,21)14-8-6-13(18)7-9-14)11-12-5-10-15(22-2)17(24-4)16(12)23-3/h5-10H,11H2,1-4H3. The third kappa shape index (κ3) is 4.00. The Kier molecular flexibility index (Phi) is 6.16. The average Bonchev–Trinajstić information content (AvgIpc) is 2.61. The average molecular weight is 386 g/mol. The molecular weight excluding hydrogens is 366 g/mol. The normalized spacial score (nSPS) is 11.4. The van der Waals surface area contributed by atoms with Crippen LogP contribution in [0.5, 0.6) is 17.2 Å². The second kappa shape index (κ2) is 7.95. The van der Waals surface area contributed by atoms with Crippen LogP contribution in [0.1, 0.15) is 5.56 Å². The fraction of sp³-hybridized carbons (Fsp3) is 0.294. The smallest absolute Gasteiger partial charge is 0.243 e. The highest BCUT2D eigenvalue weighted by atomic mass is 35.5. The van der Waals surface area contributed by atoms with Gasteiger partial charge in [-0.2, -0.15) is 4.31 Å². The van der Waals surface area contributed by atoms with Crippen LogP contribution in [0.2, 0.25) is 5.02 Å². The molecule has 0 heterocycles. The van der Waals surface area contributed by atoms with Crippen molar-refractivity contribution in [1.29, 1.82) is 0 Å². The molecule has 0 N–H and O–H groups in total. The summed E-state index contributed by atoms with van der Waals surface area (Å²) < 4.78 is 42.6. The van der Waals surface area contributed by atoms with Crippen LogP contribution in [0.3, 0.4) is 0 Å². The summed E-state index contributed by atoms with van der Waals surface area (Å²) in [4.78, 5) is 0.166. The molecule has 6 nitrogen and oxygen atoms in total. The van der Waals surface area contributed by atoms with Crippen molar-refractivity contribution in [2.45, 2.75) is 11.4 Å². The van der Waals surface area contributed by atoms with Crippen LogP contribution < -0.4 is 14.2 Å². The monoisotopic (exact) mass is 385 g/mol. The lowest BCUT2D eigenvalue weighted by atomic mass is 10.1. The number of methoxy groups -OCH3 is 3. The maximum Gasteiger partial charge on any atom is 0.243 e. The summed E-state index contributed by atoms with van der Waals surface area (Å²) in [6.07, 6.45) is 0. The van der Waals surface area contributed by atoms with Gasteiger partial charge in [-0.3, -0.25) is 0 Å². The van der Waals surface area contributed by atoms with Crippen molar-refractivity contribution in [3.63, 3.8) is 0 Å². The molecule has 0 aromatic heterocycles. The minimum absolute atomic E-state index is 0.106. The number of hydrogen-bond acceptors (Lipinski definition) is 5. The first-order valence-corrected chi connectivity index (χ1v) is 9.16. The molecule has 0 saturated heterocycles. The van der Waals surface area contributed by atoms with E-state index in [0.29, 0.717) is 27.8 Å². The molecule has 0 unspecified atom stereocenters. The third-order valence-corrected chi connectivity index (χ3v) is 5.77. The van der Waals surface area contributed by atoms with E-state index in [0.717, 1.165) is 0 Å². The van der Waals surface area contributed by atoms with Gasteiger partial charge in [-0.25, -0.2) is 8.42 Å². The van der Waals surface area contributed by atoms with Crippen molar-refractivity contribution >= 4 is 21.6 Å². The first-order valence-electron chi connectivity index (χ1n) is 7.35. The summed E-state index contributed by atoms with van der Waals surface area (Å²) in [5.74, 6) is 1.35. The van der Waals surface area contributed by atoms with Crippen LogP contribution in [0.25, 0.3) is 0 Å². The summed E-state index contributed by atoms with van der Waals surface area (Å²) in [6, 6.07) is 9.48. The van der Waals surface area contributed by atoms with Crippen LogP contribution in [0.15, 0.2) is 41.3 Å². The highest BCUT2D eigenvalue weighted by Gasteiger charge is 2.24. The number of halogens is 1. The van der Waals surface area contributed by atoms with Gasteiger partial charge in [0.05, 0.1) is 26.2 Å². The summed E-state index contributed by atoms with van der Waals surface area (Å²) in [6.45, 7) is 0.106. The first-order chi connectivity index (χ1) is 11.8. The van der Waals surface area contributed by atoms with Crippen molar-refractivity contribution in [3.05, 3.63) is 47.0 Å². The lowest BCUT2D eigenvalue weighted by Crippen LogP contribution is -2.26. The Labute approximate surface area is 152 Å². The lowest BCUT2D eigenvalue weighted by Gasteiger charge is -2.20. The molecule has 2 aromatic carbocycles. The van der Waals surface area contributed by atoms with Crippen molar-refractivity contribution < 1.29 is 22.6 Å². The van der Waals surface area contributed by atoms with E-state index in [2.05, 4.69) is 0 Å². The zero-order valence-electron chi connectivity index (χ0n) is 14.4. The third-order valence-electron chi connectivity index (χ3n) is 3.70. The van der Waals surface area contributed by atoms with Crippen LogP contribution in [-0.4, -0.2) is 41.1 Å². The summed E-state index contributed by atoms with van der Waals surface area (Å²) in [5.41, 5.74) is 0.653. The molecule has 2 aromatic rings. The van der Waals surface area contributed by atoms with Gasteiger partial charge in [0, 0.05) is 24.2 Å². The quantitative estimate of drug-likeness (QED) is 0.732. The zero-order valence-corrected chi connectivity index (χ0v) is 16.0. The Morgan fingerprint density at radius 1 is 0.920 bits per heavy atom. The summed E-state index contributed by atoms with van der Waals surface area (Å²) in [5, 5.41) is 0.475. The molecule has 0 aliphatic carbocycles. The van der Waals surface area contributed by atoms with Gasteiger partial charge >= 0.3 is 0 Å². The molecule has 25 heavy (non-hydrogen) atoms. The van der Waals surface area contributed by atoms with Crippen LogP contribution in [0, 0.1) is 0 Å². The van der Waals surface area contributed by atoms with E-state index in [1.54, 1.807) is 24.3 Å².